The van der Waals surface area contributed by atoms with Crippen LogP contribution in [0, 0.1) is 5.41 Å². The minimum atomic E-state index is -0.140. The largest absolute Gasteiger partial charge is 0.347 e. The highest BCUT2D eigenvalue weighted by Crippen LogP contribution is 2.41. The van der Waals surface area contributed by atoms with Crippen LogP contribution in [0.15, 0.2) is 47.5 Å². The van der Waals surface area contributed by atoms with E-state index in [0.717, 1.165) is 12.8 Å². The van der Waals surface area contributed by atoms with Crippen molar-refractivity contribution in [2.24, 2.45) is 5.41 Å². The Hall–Kier alpha value is -3.09. The molecule has 0 aliphatic heterocycles. The molecule has 4 rings (SSSR count). The van der Waals surface area contributed by atoms with E-state index in [1.54, 1.807) is 35.7 Å². The van der Waals surface area contributed by atoms with Crippen LogP contribution in [0.5, 0.6) is 0 Å². The van der Waals surface area contributed by atoms with Gasteiger partial charge >= 0.3 is 0 Å². The van der Waals surface area contributed by atoms with Crippen LogP contribution in [-0.2, 0) is 0 Å². The maximum absolute atomic E-state index is 12.5. The van der Waals surface area contributed by atoms with Crippen LogP contribution in [0.4, 0.5) is 0 Å². The van der Waals surface area contributed by atoms with Crippen LogP contribution in [0.1, 0.15) is 64.6 Å². The van der Waals surface area contributed by atoms with Crippen LogP contribution in [-0.4, -0.2) is 29.7 Å². The zero-order chi connectivity index (χ0) is 21.0. The predicted octanol–water partition coefficient (Wildman–Crippen LogP) is 4.57. The number of allylic oxidation sites excluding steroid dienone is 1. The van der Waals surface area contributed by atoms with E-state index in [1.807, 2.05) is 0 Å². The second kappa shape index (κ2) is 8.73. The maximum atomic E-state index is 12.5. The number of H-pyrrole nitrogens is 1. The molecule has 0 bridgehead atoms. The number of nitrogens with one attached hydrogen (secondary N) is 1. The molecule has 3 aromatic heterocycles. The van der Waals surface area contributed by atoms with Gasteiger partial charge in [0.05, 0.1) is 11.8 Å². The maximum Gasteiger partial charge on any atom is 0.193 e. The Balaban J connectivity index is 1.54. The molecule has 0 aromatic carbocycles. The molecular weight excluding hydrogens is 376 g/mol. The topological polar surface area (TPSA) is 89.4 Å². The lowest BCUT2D eigenvalue weighted by Gasteiger charge is -2.28. The van der Waals surface area contributed by atoms with Crippen molar-refractivity contribution < 1.29 is 0 Å². The summed E-state index contributed by atoms with van der Waals surface area (Å²) in [6, 6.07) is 1.52. The van der Waals surface area contributed by atoms with Crippen LogP contribution in [0.3, 0.4) is 0 Å². The third-order valence-electron chi connectivity index (χ3n) is 5.90. The summed E-state index contributed by atoms with van der Waals surface area (Å²) in [5.41, 5.74) is 2.55. The molecule has 1 fully saturated rings. The molecule has 1 atom stereocenters. The Kier molecular flexibility index (Phi) is 5.88. The van der Waals surface area contributed by atoms with Gasteiger partial charge in [-0.15, -0.1) is 10.2 Å². The summed E-state index contributed by atoms with van der Waals surface area (Å²) in [6.07, 6.45) is 18.9. The van der Waals surface area contributed by atoms with Crippen molar-refractivity contribution in [1.82, 2.24) is 29.7 Å². The molecule has 7 heteroatoms. The van der Waals surface area contributed by atoms with E-state index in [9.17, 15) is 4.79 Å². The van der Waals surface area contributed by atoms with Gasteiger partial charge in [0.15, 0.2) is 11.3 Å². The van der Waals surface area contributed by atoms with Crippen LogP contribution >= 0.6 is 0 Å². The third kappa shape index (κ3) is 4.56. The summed E-state index contributed by atoms with van der Waals surface area (Å²) in [5.74, 6) is 1.26. The first kappa shape index (κ1) is 20.2. The monoisotopic (exact) mass is 404 g/mol. The average molecular weight is 405 g/mol. The summed E-state index contributed by atoms with van der Waals surface area (Å²) in [6.45, 7) is 4.66. The lowest BCUT2D eigenvalue weighted by Crippen LogP contribution is -2.15. The van der Waals surface area contributed by atoms with Crippen molar-refractivity contribution >= 4 is 6.08 Å². The Labute approximate surface area is 176 Å². The van der Waals surface area contributed by atoms with Crippen molar-refractivity contribution in [3.63, 3.8) is 0 Å². The van der Waals surface area contributed by atoms with Crippen LogP contribution < -0.4 is 5.43 Å². The Morgan fingerprint density at radius 3 is 2.90 bits per heavy atom. The van der Waals surface area contributed by atoms with Crippen molar-refractivity contribution in [3.8, 4) is 17.1 Å². The van der Waals surface area contributed by atoms with Crippen molar-refractivity contribution in [2.75, 3.05) is 0 Å². The molecule has 0 spiro atoms. The first-order valence-electron chi connectivity index (χ1n) is 10.7. The summed E-state index contributed by atoms with van der Waals surface area (Å²) >= 11 is 0. The normalized spacial score (nSPS) is 20.9. The van der Waals surface area contributed by atoms with Crippen molar-refractivity contribution in [3.05, 3.63) is 58.8 Å². The molecule has 0 radical (unpaired) electrons. The molecule has 1 N–H and O–H groups in total. The lowest BCUT2D eigenvalue weighted by atomic mass is 9.77. The number of pyridine rings is 1. The summed E-state index contributed by atoms with van der Waals surface area (Å²) in [4.78, 5) is 24.1. The fourth-order valence-electron chi connectivity index (χ4n) is 4.44. The van der Waals surface area contributed by atoms with E-state index >= 15 is 0 Å². The van der Waals surface area contributed by atoms with Gasteiger partial charge in [0.2, 0.25) is 0 Å². The summed E-state index contributed by atoms with van der Waals surface area (Å²) in [5, 5.41) is 8.55. The van der Waals surface area contributed by atoms with Gasteiger partial charge in [-0.25, -0.2) is 9.97 Å². The second-order valence-corrected chi connectivity index (χ2v) is 8.51. The fourth-order valence-corrected chi connectivity index (χ4v) is 4.44. The van der Waals surface area contributed by atoms with Gasteiger partial charge in [0, 0.05) is 24.7 Å². The molecule has 0 saturated heterocycles. The molecule has 0 amide bonds. The molecule has 3 aromatic rings. The van der Waals surface area contributed by atoms with Crippen molar-refractivity contribution in [1.29, 1.82) is 0 Å². The molecule has 1 saturated carbocycles. The number of imidazole rings is 1. The first-order chi connectivity index (χ1) is 14.6. The minimum Gasteiger partial charge on any atom is -0.347 e. The highest BCUT2D eigenvalue weighted by atomic mass is 16.1. The number of rotatable bonds is 5. The Morgan fingerprint density at radius 2 is 2.20 bits per heavy atom. The van der Waals surface area contributed by atoms with E-state index in [4.69, 9.17) is 0 Å². The van der Waals surface area contributed by atoms with E-state index < -0.39 is 0 Å². The van der Waals surface area contributed by atoms with Gasteiger partial charge in [0.25, 0.3) is 0 Å². The molecule has 7 nitrogen and oxygen atoms in total. The van der Waals surface area contributed by atoms with Gasteiger partial charge in [-0.1, -0.05) is 32.3 Å². The molecule has 0 unspecified atom stereocenters. The summed E-state index contributed by atoms with van der Waals surface area (Å²) < 4.78 is 1.74. The number of aromatic nitrogens is 6. The van der Waals surface area contributed by atoms with E-state index in [2.05, 4.69) is 45.1 Å². The molecular formula is C23H28N6O. The van der Waals surface area contributed by atoms with E-state index in [0.29, 0.717) is 28.3 Å². The molecule has 3 heterocycles. The molecule has 1 aliphatic carbocycles. The van der Waals surface area contributed by atoms with Gasteiger partial charge in [-0.2, -0.15) is 0 Å². The summed E-state index contributed by atoms with van der Waals surface area (Å²) in [7, 11) is 0. The molecule has 156 valence electrons. The minimum absolute atomic E-state index is 0.140. The Bertz CT molecular complexity index is 1070. The highest BCUT2D eigenvalue weighted by molar-refractivity contribution is 5.57. The first-order valence-corrected chi connectivity index (χ1v) is 10.7. The van der Waals surface area contributed by atoms with E-state index in [-0.39, 0.29) is 5.43 Å². The van der Waals surface area contributed by atoms with Gasteiger partial charge < -0.3 is 4.98 Å². The zero-order valence-corrected chi connectivity index (χ0v) is 17.6. The quantitative estimate of drug-likeness (QED) is 0.629. The number of aromatic amines is 1. The number of hydrogen-bond donors (Lipinski definition) is 1. The SMILES string of the molecule is CCC[C@]1(C)CCCC/C(=C/c2ncc(-c3c[nH]c(-n4ccnc4)cc3=O)nn2)C1. The average Bonchev–Trinajstić information content (AvgIpc) is 3.21. The van der Waals surface area contributed by atoms with Gasteiger partial charge in [-0.3, -0.25) is 9.36 Å². The standard InChI is InChI=1S/C23H28N6O/c1-3-7-23(2)8-5-4-6-17(13-23)11-21-25-15-19(27-28-21)18-14-26-22(12-20(18)30)29-10-9-24-16-29/h9-12,14-16H,3-8,13H2,1-2H3,(H,26,30)/b17-11-/t23-/m1/s1. The van der Waals surface area contributed by atoms with Crippen LogP contribution in [0.2, 0.25) is 0 Å². The predicted molar refractivity (Wildman–Crippen MR) is 117 cm³/mol. The fraction of sp³-hybridized carbons (Fsp3) is 0.435. The number of nitrogens with zero attached hydrogens (tertiary/aromatic N) is 5. The van der Waals surface area contributed by atoms with Gasteiger partial charge in [0.1, 0.15) is 17.8 Å². The second-order valence-electron chi connectivity index (χ2n) is 8.51. The molecule has 30 heavy (non-hydrogen) atoms. The van der Waals surface area contributed by atoms with Crippen LogP contribution in [0.25, 0.3) is 23.2 Å². The van der Waals surface area contributed by atoms with E-state index in [1.165, 1.54) is 43.7 Å². The highest BCUT2D eigenvalue weighted by Gasteiger charge is 2.26. The Morgan fingerprint density at radius 1 is 1.30 bits per heavy atom. The third-order valence-corrected chi connectivity index (χ3v) is 5.90. The van der Waals surface area contributed by atoms with Crippen molar-refractivity contribution in [2.45, 2.75) is 58.8 Å². The molecule has 1 aliphatic rings. The smallest absolute Gasteiger partial charge is 0.193 e. The van der Waals surface area contributed by atoms with Gasteiger partial charge in [-0.05, 0) is 43.6 Å². The number of hydrogen-bond acceptors (Lipinski definition) is 5. The zero-order valence-electron chi connectivity index (χ0n) is 17.6. The lowest BCUT2D eigenvalue weighted by molar-refractivity contribution is 0.270.